The van der Waals surface area contributed by atoms with E-state index in [0.29, 0.717) is 25.3 Å². The molecule has 0 unspecified atom stereocenters. The van der Waals surface area contributed by atoms with Gasteiger partial charge < -0.3 is 4.74 Å². The molecule has 0 bridgehead atoms. The number of hydrogen-bond acceptors (Lipinski definition) is 6. The normalized spacial score (nSPS) is 22.7. The number of ether oxygens (including phenoxy) is 1. The van der Waals surface area contributed by atoms with Gasteiger partial charge in [-0.25, -0.2) is 17.8 Å². The summed E-state index contributed by atoms with van der Waals surface area (Å²) >= 11 is 1.68. The van der Waals surface area contributed by atoms with Gasteiger partial charge in [0.2, 0.25) is 10.0 Å². The van der Waals surface area contributed by atoms with E-state index < -0.39 is 15.8 Å². The molecule has 6 nitrogen and oxygen atoms in total. The fourth-order valence-corrected chi connectivity index (χ4v) is 6.39. The van der Waals surface area contributed by atoms with Crippen LogP contribution in [0.4, 0.5) is 4.39 Å². The molecule has 9 heteroatoms. The predicted octanol–water partition coefficient (Wildman–Crippen LogP) is 1.94. The molecule has 1 atom stereocenters. The first kappa shape index (κ1) is 16.7. The lowest BCUT2D eigenvalue weighted by Crippen LogP contribution is -2.60. The minimum absolute atomic E-state index is 0.00399. The SMILES string of the molecule is O=S(=O)(c1cccnc1)N1CC2(C[C@@H](Oc3ncccc3F)CS2)C1. The molecule has 0 radical (unpaired) electrons. The van der Waals surface area contributed by atoms with Gasteiger partial charge in [0.05, 0.1) is 0 Å². The molecule has 0 aromatic carbocycles. The van der Waals surface area contributed by atoms with E-state index in [2.05, 4.69) is 9.97 Å². The summed E-state index contributed by atoms with van der Waals surface area (Å²) in [6, 6.07) is 5.98. The molecule has 2 aromatic rings. The van der Waals surface area contributed by atoms with Crippen molar-refractivity contribution in [2.45, 2.75) is 22.2 Å². The Morgan fingerprint density at radius 3 is 2.80 bits per heavy atom. The summed E-state index contributed by atoms with van der Waals surface area (Å²) in [5.74, 6) is 0.212. The third-order valence-corrected chi connectivity index (χ3v) is 7.73. The third-order valence-electron chi connectivity index (χ3n) is 4.38. The summed E-state index contributed by atoms with van der Waals surface area (Å²) in [5.41, 5.74) is 0. The van der Waals surface area contributed by atoms with E-state index in [0.717, 1.165) is 0 Å². The van der Waals surface area contributed by atoms with Crippen LogP contribution in [0.3, 0.4) is 0 Å². The van der Waals surface area contributed by atoms with Gasteiger partial charge in [-0.2, -0.15) is 4.31 Å². The monoisotopic (exact) mass is 381 g/mol. The summed E-state index contributed by atoms with van der Waals surface area (Å²) in [5, 5.41) is 0. The molecule has 4 heterocycles. The Labute approximate surface area is 149 Å². The maximum Gasteiger partial charge on any atom is 0.250 e. The van der Waals surface area contributed by atoms with E-state index in [1.165, 1.54) is 28.8 Å². The fraction of sp³-hybridized carbons (Fsp3) is 0.375. The molecule has 2 aliphatic heterocycles. The lowest BCUT2D eigenvalue weighted by atomic mass is 9.95. The molecule has 0 aliphatic carbocycles. The minimum atomic E-state index is -3.50. The predicted molar refractivity (Wildman–Crippen MR) is 91.4 cm³/mol. The molecule has 2 saturated heterocycles. The van der Waals surface area contributed by atoms with Crippen LogP contribution in [-0.2, 0) is 10.0 Å². The molecule has 2 aromatic heterocycles. The van der Waals surface area contributed by atoms with Crippen molar-refractivity contribution >= 4 is 21.8 Å². The van der Waals surface area contributed by atoms with Gasteiger partial charge in [0, 0.05) is 48.6 Å². The van der Waals surface area contributed by atoms with Crippen molar-refractivity contribution in [3.8, 4) is 5.88 Å². The minimum Gasteiger partial charge on any atom is -0.471 e. The summed E-state index contributed by atoms with van der Waals surface area (Å²) in [6.45, 7) is 0.860. The zero-order valence-electron chi connectivity index (χ0n) is 13.2. The van der Waals surface area contributed by atoms with Crippen LogP contribution >= 0.6 is 11.8 Å². The van der Waals surface area contributed by atoms with Crippen molar-refractivity contribution < 1.29 is 17.5 Å². The number of halogens is 1. The summed E-state index contributed by atoms with van der Waals surface area (Å²) in [6.07, 6.45) is 4.90. The molecule has 2 aliphatic rings. The molecule has 132 valence electrons. The Morgan fingerprint density at radius 2 is 2.08 bits per heavy atom. The van der Waals surface area contributed by atoms with E-state index in [-0.39, 0.29) is 21.6 Å². The first-order valence-electron chi connectivity index (χ1n) is 7.80. The Balaban J connectivity index is 1.40. The van der Waals surface area contributed by atoms with Gasteiger partial charge in [-0.1, -0.05) is 0 Å². The molecule has 0 N–H and O–H groups in total. The van der Waals surface area contributed by atoms with Gasteiger partial charge >= 0.3 is 0 Å². The third kappa shape index (κ3) is 3.11. The van der Waals surface area contributed by atoms with E-state index in [1.807, 2.05) is 0 Å². The van der Waals surface area contributed by atoms with Gasteiger partial charge in [-0.3, -0.25) is 4.98 Å². The molecular weight excluding hydrogens is 365 g/mol. The first-order chi connectivity index (χ1) is 12.0. The molecule has 0 saturated carbocycles. The van der Waals surface area contributed by atoms with E-state index >= 15 is 0 Å². The molecule has 1 spiro atoms. The van der Waals surface area contributed by atoms with E-state index in [4.69, 9.17) is 4.74 Å². The van der Waals surface area contributed by atoms with Gasteiger partial charge in [-0.15, -0.1) is 11.8 Å². The lowest BCUT2D eigenvalue weighted by molar-refractivity contribution is 0.150. The lowest BCUT2D eigenvalue weighted by Gasteiger charge is -2.46. The fourth-order valence-electron chi connectivity index (χ4n) is 3.13. The van der Waals surface area contributed by atoms with Gasteiger partial charge in [0.25, 0.3) is 5.88 Å². The number of thioether (sulfide) groups is 1. The highest BCUT2D eigenvalue weighted by molar-refractivity contribution is 8.01. The number of rotatable bonds is 4. The maximum atomic E-state index is 13.6. The van der Waals surface area contributed by atoms with Crippen LogP contribution in [0.1, 0.15) is 6.42 Å². The zero-order chi connectivity index (χ0) is 17.5. The standard InChI is InChI=1S/C16H16FN3O3S2/c17-14-4-2-6-19-15(14)23-12-7-16(24-9-12)10-20(11-16)25(21,22)13-3-1-5-18-8-13/h1-6,8,12H,7,9-11H2/t12-/m1/s1. The van der Waals surface area contributed by atoms with Crippen LogP contribution in [0.5, 0.6) is 5.88 Å². The molecule has 25 heavy (non-hydrogen) atoms. The largest absolute Gasteiger partial charge is 0.471 e. The Morgan fingerprint density at radius 1 is 1.28 bits per heavy atom. The Bertz CT molecular complexity index is 873. The van der Waals surface area contributed by atoms with Crippen LogP contribution in [-0.4, -0.2) is 52.4 Å². The number of hydrogen-bond donors (Lipinski definition) is 0. The summed E-state index contributed by atoms with van der Waals surface area (Å²) in [4.78, 5) is 7.99. The second-order valence-corrected chi connectivity index (χ2v) is 9.62. The first-order valence-corrected chi connectivity index (χ1v) is 10.2. The molecule has 2 fully saturated rings. The molecule has 0 amide bonds. The van der Waals surface area contributed by atoms with E-state index in [1.54, 1.807) is 30.1 Å². The zero-order valence-corrected chi connectivity index (χ0v) is 14.8. The highest BCUT2D eigenvalue weighted by Crippen LogP contribution is 2.47. The average Bonchev–Trinajstić information content (AvgIpc) is 3.01. The van der Waals surface area contributed by atoms with Crippen molar-refractivity contribution in [3.63, 3.8) is 0 Å². The number of aromatic nitrogens is 2. The summed E-state index contributed by atoms with van der Waals surface area (Å²) in [7, 11) is -3.50. The van der Waals surface area contributed by atoms with Gasteiger partial charge in [0.15, 0.2) is 5.82 Å². The van der Waals surface area contributed by atoms with Crippen molar-refractivity contribution in [1.82, 2.24) is 14.3 Å². The molecule has 4 rings (SSSR count). The molecular formula is C16H16FN3O3S2. The average molecular weight is 381 g/mol. The maximum absolute atomic E-state index is 13.6. The van der Waals surface area contributed by atoms with Crippen molar-refractivity contribution in [2.24, 2.45) is 0 Å². The second-order valence-electron chi connectivity index (χ2n) is 6.19. The van der Waals surface area contributed by atoms with Gasteiger partial charge in [0.1, 0.15) is 11.0 Å². The highest BCUT2D eigenvalue weighted by Gasteiger charge is 2.53. The Hall–Kier alpha value is -1.71. The summed E-state index contributed by atoms with van der Waals surface area (Å²) < 4.78 is 45.7. The quantitative estimate of drug-likeness (QED) is 0.806. The second kappa shape index (κ2) is 6.22. The van der Waals surface area contributed by atoms with Crippen LogP contribution in [0.25, 0.3) is 0 Å². The van der Waals surface area contributed by atoms with Crippen molar-refractivity contribution in [2.75, 3.05) is 18.8 Å². The number of nitrogens with zero attached hydrogens (tertiary/aromatic N) is 3. The van der Waals surface area contributed by atoms with Crippen LogP contribution in [0, 0.1) is 5.82 Å². The van der Waals surface area contributed by atoms with Gasteiger partial charge in [-0.05, 0) is 24.3 Å². The van der Waals surface area contributed by atoms with Crippen LogP contribution in [0.2, 0.25) is 0 Å². The smallest absolute Gasteiger partial charge is 0.250 e. The number of pyridine rings is 2. The van der Waals surface area contributed by atoms with Crippen molar-refractivity contribution in [1.29, 1.82) is 0 Å². The van der Waals surface area contributed by atoms with Crippen LogP contribution in [0.15, 0.2) is 47.8 Å². The van der Waals surface area contributed by atoms with Crippen molar-refractivity contribution in [3.05, 3.63) is 48.7 Å². The van der Waals surface area contributed by atoms with Crippen LogP contribution < -0.4 is 4.74 Å². The number of sulfonamides is 1. The Kier molecular flexibility index (Phi) is 4.17. The van der Waals surface area contributed by atoms with E-state index in [9.17, 15) is 12.8 Å². The highest BCUT2D eigenvalue weighted by atomic mass is 32.2. The topological polar surface area (TPSA) is 72.4 Å².